The molecule has 0 fully saturated rings. The van der Waals surface area contributed by atoms with E-state index in [0.717, 1.165) is 24.6 Å². The van der Waals surface area contributed by atoms with Gasteiger partial charge in [-0.15, -0.1) is 11.8 Å². The van der Waals surface area contributed by atoms with Gasteiger partial charge < -0.3 is 10.1 Å². The highest BCUT2D eigenvalue weighted by atomic mass is 32.2. The summed E-state index contributed by atoms with van der Waals surface area (Å²) in [6.07, 6.45) is 1.22. The topological polar surface area (TPSA) is 21.3 Å². The number of ether oxygens (including phenoxy) is 1. The SMILES string of the molecule is COc1cccc(SCCNCCC(C)(C)C)c1. The molecule has 0 unspecified atom stereocenters. The van der Waals surface area contributed by atoms with Gasteiger partial charge in [-0.3, -0.25) is 0 Å². The van der Waals surface area contributed by atoms with Crippen LogP contribution in [0.15, 0.2) is 29.2 Å². The highest BCUT2D eigenvalue weighted by Gasteiger charge is 2.08. The van der Waals surface area contributed by atoms with Gasteiger partial charge in [0.1, 0.15) is 5.75 Å². The number of nitrogens with one attached hydrogen (secondary N) is 1. The van der Waals surface area contributed by atoms with Crippen LogP contribution in [0, 0.1) is 5.41 Å². The average Bonchev–Trinajstić information content (AvgIpc) is 2.32. The summed E-state index contributed by atoms with van der Waals surface area (Å²) in [5.41, 5.74) is 0.424. The van der Waals surface area contributed by atoms with Crippen molar-refractivity contribution >= 4 is 11.8 Å². The van der Waals surface area contributed by atoms with Gasteiger partial charge in [0.15, 0.2) is 0 Å². The van der Waals surface area contributed by atoms with E-state index >= 15 is 0 Å². The van der Waals surface area contributed by atoms with Crippen LogP contribution in [0.25, 0.3) is 0 Å². The van der Waals surface area contributed by atoms with Gasteiger partial charge in [0.05, 0.1) is 7.11 Å². The number of benzene rings is 1. The zero-order chi connectivity index (χ0) is 13.4. The van der Waals surface area contributed by atoms with Crippen molar-refractivity contribution in [1.82, 2.24) is 5.32 Å². The zero-order valence-electron chi connectivity index (χ0n) is 12.0. The molecule has 102 valence electrons. The quantitative estimate of drug-likeness (QED) is 0.599. The minimum Gasteiger partial charge on any atom is -0.497 e. The van der Waals surface area contributed by atoms with E-state index in [1.807, 2.05) is 23.9 Å². The summed E-state index contributed by atoms with van der Waals surface area (Å²) in [4.78, 5) is 1.27. The largest absolute Gasteiger partial charge is 0.497 e. The van der Waals surface area contributed by atoms with E-state index < -0.39 is 0 Å². The summed E-state index contributed by atoms with van der Waals surface area (Å²) in [5.74, 6) is 2.03. The van der Waals surface area contributed by atoms with Gasteiger partial charge in [-0.1, -0.05) is 26.8 Å². The first-order valence-corrected chi connectivity index (χ1v) is 7.47. The minimum atomic E-state index is 0.424. The Labute approximate surface area is 116 Å². The summed E-state index contributed by atoms with van der Waals surface area (Å²) in [7, 11) is 1.71. The van der Waals surface area contributed by atoms with E-state index in [4.69, 9.17) is 4.74 Å². The molecule has 3 heteroatoms. The van der Waals surface area contributed by atoms with Crippen molar-refractivity contribution in [2.45, 2.75) is 32.1 Å². The molecule has 2 nitrogen and oxygen atoms in total. The van der Waals surface area contributed by atoms with Crippen LogP contribution in [0.2, 0.25) is 0 Å². The van der Waals surface area contributed by atoms with Crippen molar-refractivity contribution in [2.75, 3.05) is 26.0 Å². The maximum absolute atomic E-state index is 5.21. The van der Waals surface area contributed by atoms with E-state index in [2.05, 4.69) is 38.2 Å². The van der Waals surface area contributed by atoms with Crippen LogP contribution in [0.1, 0.15) is 27.2 Å². The maximum Gasteiger partial charge on any atom is 0.119 e. The van der Waals surface area contributed by atoms with Gasteiger partial charge in [0.2, 0.25) is 0 Å². The molecule has 1 aromatic rings. The monoisotopic (exact) mass is 267 g/mol. The molecule has 0 saturated carbocycles. The lowest BCUT2D eigenvalue weighted by Gasteiger charge is -2.17. The molecule has 0 amide bonds. The maximum atomic E-state index is 5.21. The summed E-state index contributed by atoms with van der Waals surface area (Å²) >= 11 is 1.87. The molecule has 0 aromatic heterocycles. The molecule has 1 N–H and O–H groups in total. The van der Waals surface area contributed by atoms with E-state index in [1.165, 1.54) is 11.3 Å². The molecule has 0 saturated heterocycles. The number of hydrogen-bond donors (Lipinski definition) is 1. The van der Waals surface area contributed by atoms with Crippen LogP contribution >= 0.6 is 11.8 Å². The molecule has 0 heterocycles. The van der Waals surface area contributed by atoms with Gasteiger partial charge in [-0.05, 0) is 36.6 Å². The van der Waals surface area contributed by atoms with Crippen LogP contribution in [0.5, 0.6) is 5.75 Å². The molecule has 0 aliphatic heterocycles. The Morgan fingerprint density at radius 2 is 2.00 bits per heavy atom. The Morgan fingerprint density at radius 3 is 2.67 bits per heavy atom. The van der Waals surface area contributed by atoms with Crippen molar-refractivity contribution in [3.8, 4) is 5.75 Å². The lowest BCUT2D eigenvalue weighted by molar-refractivity contribution is 0.369. The molecule has 0 aliphatic rings. The highest BCUT2D eigenvalue weighted by molar-refractivity contribution is 7.99. The summed E-state index contributed by atoms with van der Waals surface area (Å²) < 4.78 is 5.21. The van der Waals surface area contributed by atoms with Gasteiger partial charge >= 0.3 is 0 Å². The van der Waals surface area contributed by atoms with Crippen LogP contribution in [-0.2, 0) is 0 Å². The molecule has 0 bridgehead atoms. The van der Waals surface area contributed by atoms with E-state index in [0.29, 0.717) is 5.41 Å². The van der Waals surface area contributed by atoms with Crippen LogP contribution in [0.3, 0.4) is 0 Å². The Balaban J connectivity index is 2.14. The van der Waals surface area contributed by atoms with E-state index in [9.17, 15) is 0 Å². The van der Waals surface area contributed by atoms with Crippen LogP contribution in [-0.4, -0.2) is 26.0 Å². The fraction of sp³-hybridized carbons (Fsp3) is 0.600. The zero-order valence-corrected chi connectivity index (χ0v) is 12.8. The van der Waals surface area contributed by atoms with Crippen molar-refractivity contribution in [3.63, 3.8) is 0 Å². The van der Waals surface area contributed by atoms with Crippen molar-refractivity contribution in [3.05, 3.63) is 24.3 Å². The summed E-state index contributed by atoms with van der Waals surface area (Å²) in [5, 5.41) is 3.49. The Kier molecular flexibility index (Phi) is 6.58. The first-order chi connectivity index (χ1) is 8.51. The van der Waals surface area contributed by atoms with Crippen molar-refractivity contribution in [2.24, 2.45) is 5.41 Å². The molecule has 0 spiro atoms. The molecule has 0 aliphatic carbocycles. The first-order valence-electron chi connectivity index (χ1n) is 6.49. The number of hydrogen-bond acceptors (Lipinski definition) is 3. The molecule has 0 atom stereocenters. The third kappa shape index (κ3) is 6.92. The van der Waals surface area contributed by atoms with E-state index in [-0.39, 0.29) is 0 Å². The fourth-order valence-corrected chi connectivity index (χ4v) is 2.38. The lowest BCUT2D eigenvalue weighted by Crippen LogP contribution is -2.22. The molecule has 1 rings (SSSR count). The Morgan fingerprint density at radius 1 is 1.22 bits per heavy atom. The van der Waals surface area contributed by atoms with Gasteiger partial charge in [0, 0.05) is 17.2 Å². The van der Waals surface area contributed by atoms with Crippen molar-refractivity contribution in [1.29, 1.82) is 0 Å². The van der Waals surface area contributed by atoms with Crippen LogP contribution < -0.4 is 10.1 Å². The third-order valence-electron chi connectivity index (χ3n) is 2.64. The predicted octanol–water partition coefficient (Wildman–Crippen LogP) is 3.81. The number of thioether (sulfide) groups is 1. The Hall–Kier alpha value is -0.670. The fourth-order valence-electron chi connectivity index (χ4n) is 1.52. The molecule has 0 radical (unpaired) electrons. The van der Waals surface area contributed by atoms with Gasteiger partial charge in [-0.25, -0.2) is 0 Å². The lowest BCUT2D eigenvalue weighted by atomic mass is 9.92. The third-order valence-corrected chi connectivity index (χ3v) is 3.64. The second-order valence-corrected chi connectivity index (χ2v) is 6.76. The number of methoxy groups -OCH3 is 1. The molecule has 18 heavy (non-hydrogen) atoms. The van der Waals surface area contributed by atoms with Crippen LogP contribution in [0.4, 0.5) is 0 Å². The second-order valence-electron chi connectivity index (χ2n) is 5.59. The van der Waals surface area contributed by atoms with E-state index in [1.54, 1.807) is 7.11 Å². The highest BCUT2D eigenvalue weighted by Crippen LogP contribution is 2.22. The second kappa shape index (κ2) is 7.70. The molecular formula is C15H25NOS. The van der Waals surface area contributed by atoms with Crippen molar-refractivity contribution < 1.29 is 4.74 Å². The smallest absolute Gasteiger partial charge is 0.119 e. The summed E-state index contributed by atoms with van der Waals surface area (Å²) in [6, 6.07) is 8.22. The molecular weight excluding hydrogens is 242 g/mol. The Bertz CT molecular complexity index is 347. The minimum absolute atomic E-state index is 0.424. The average molecular weight is 267 g/mol. The van der Waals surface area contributed by atoms with Gasteiger partial charge in [-0.2, -0.15) is 0 Å². The normalized spacial score (nSPS) is 11.6. The first kappa shape index (κ1) is 15.4. The predicted molar refractivity (Wildman–Crippen MR) is 80.7 cm³/mol. The van der Waals surface area contributed by atoms with Gasteiger partial charge in [0.25, 0.3) is 0 Å². The number of rotatable bonds is 7. The molecule has 1 aromatic carbocycles. The standard InChI is InChI=1S/C15H25NOS/c1-15(2,3)8-9-16-10-11-18-14-7-5-6-13(12-14)17-4/h5-7,12,16H,8-11H2,1-4H3. The summed E-state index contributed by atoms with van der Waals surface area (Å²) in [6.45, 7) is 8.99.